The van der Waals surface area contributed by atoms with E-state index in [-0.39, 0.29) is 23.9 Å². The number of carbonyl (C=O) groups is 2. The second-order valence-corrected chi connectivity index (χ2v) is 8.11. The van der Waals surface area contributed by atoms with Gasteiger partial charge in [0, 0.05) is 43.6 Å². The largest absolute Gasteiger partial charge is 0.492 e. The van der Waals surface area contributed by atoms with Crippen LogP contribution in [0.15, 0.2) is 36.4 Å². The summed E-state index contributed by atoms with van der Waals surface area (Å²) in [5, 5.41) is 6.37. The van der Waals surface area contributed by atoms with E-state index in [0.717, 1.165) is 30.6 Å². The van der Waals surface area contributed by atoms with Crippen molar-refractivity contribution in [1.29, 1.82) is 0 Å². The van der Waals surface area contributed by atoms with Crippen molar-refractivity contribution in [3.05, 3.63) is 52.7 Å². The van der Waals surface area contributed by atoms with E-state index in [9.17, 15) is 9.59 Å². The fourth-order valence-electron chi connectivity index (χ4n) is 4.10. The first-order chi connectivity index (χ1) is 14.5. The van der Waals surface area contributed by atoms with Crippen LogP contribution in [0.4, 0.5) is 10.6 Å². The topological polar surface area (TPSA) is 83.6 Å². The maximum atomic E-state index is 12.6. The van der Waals surface area contributed by atoms with Gasteiger partial charge in [0.1, 0.15) is 11.6 Å². The quantitative estimate of drug-likeness (QED) is 0.770. The summed E-state index contributed by atoms with van der Waals surface area (Å²) in [7, 11) is 0. The molecule has 7 nitrogen and oxygen atoms in total. The molecule has 1 fully saturated rings. The number of benzene rings is 1. The monoisotopic (exact) mass is 428 g/mol. The first kappa shape index (κ1) is 20.5. The molecule has 0 saturated carbocycles. The van der Waals surface area contributed by atoms with Gasteiger partial charge >= 0.3 is 6.03 Å². The number of ether oxygens (including phenoxy) is 1. The SMILES string of the molecule is CC(=O)N1CCCC(c2cccc(NC(=O)N[C@H]3CCOc4c(Cl)cccc43)n2)C1. The van der Waals surface area contributed by atoms with Crippen molar-refractivity contribution >= 4 is 29.4 Å². The minimum Gasteiger partial charge on any atom is -0.492 e. The van der Waals surface area contributed by atoms with Gasteiger partial charge in [0.25, 0.3) is 0 Å². The van der Waals surface area contributed by atoms with E-state index in [1.165, 1.54) is 0 Å². The number of para-hydroxylation sites is 1. The second-order valence-electron chi connectivity index (χ2n) is 7.70. The molecule has 2 atom stereocenters. The highest BCUT2D eigenvalue weighted by molar-refractivity contribution is 6.32. The van der Waals surface area contributed by atoms with Crippen LogP contribution in [0.2, 0.25) is 5.02 Å². The lowest BCUT2D eigenvalue weighted by Crippen LogP contribution is -2.38. The highest BCUT2D eigenvalue weighted by atomic mass is 35.5. The molecule has 0 bridgehead atoms. The Bertz CT molecular complexity index is 952. The first-order valence-corrected chi connectivity index (χ1v) is 10.6. The average molecular weight is 429 g/mol. The number of carbonyl (C=O) groups excluding carboxylic acids is 2. The fraction of sp³-hybridized carbons (Fsp3) is 0.409. The highest BCUT2D eigenvalue weighted by Gasteiger charge is 2.26. The Hall–Kier alpha value is -2.80. The van der Waals surface area contributed by atoms with Crippen molar-refractivity contribution in [2.24, 2.45) is 0 Å². The van der Waals surface area contributed by atoms with E-state index in [1.54, 1.807) is 19.1 Å². The minimum absolute atomic E-state index is 0.0882. The van der Waals surface area contributed by atoms with E-state index in [4.69, 9.17) is 16.3 Å². The third-order valence-corrected chi connectivity index (χ3v) is 5.93. The summed E-state index contributed by atoms with van der Waals surface area (Å²) in [5.41, 5.74) is 1.76. The molecule has 2 aliphatic heterocycles. The number of amides is 3. The lowest BCUT2D eigenvalue weighted by molar-refractivity contribution is -0.130. The lowest BCUT2D eigenvalue weighted by atomic mass is 9.94. The third kappa shape index (κ3) is 4.51. The molecule has 1 saturated heterocycles. The molecule has 158 valence electrons. The van der Waals surface area contributed by atoms with Crippen molar-refractivity contribution in [3.63, 3.8) is 0 Å². The summed E-state index contributed by atoms with van der Waals surface area (Å²) < 4.78 is 5.65. The number of fused-ring (bicyclic) bond motifs is 1. The first-order valence-electron chi connectivity index (χ1n) is 10.2. The number of halogens is 1. The smallest absolute Gasteiger partial charge is 0.320 e. The number of nitrogens with one attached hydrogen (secondary N) is 2. The number of likely N-dealkylation sites (tertiary alicyclic amines) is 1. The van der Waals surface area contributed by atoms with Crippen LogP contribution in [-0.4, -0.2) is 41.5 Å². The summed E-state index contributed by atoms with van der Waals surface area (Å²) in [5.74, 6) is 1.38. The van der Waals surface area contributed by atoms with Crippen LogP contribution >= 0.6 is 11.6 Å². The van der Waals surface area contributed by atoms with Gasteiger partial charge in [-0.05, 0) is 31.0 Å². The molecule has 0 radical (unpaired) electrons. The van der Waals surface area contributed by atoms with Gasteiger partial charge in [-0.25, -0.2) is 9.78 Å². The number of pyridine rings is 1. The number of hydrogen-bond donors (Lipinski definition) is 2. The van der Waals surface area contributed by atoms with Gasteiger partial charge in [-0.15, -0.1) is 0 Å². The van der Waals surface area contributed by atoms with Crippen LogP contribution in [0.5, 0.6) is 5.75 Å². The van der Waals surface area contributed by atoms with Gasteiger partial charge in [0.2, 0.25) is 5.91 Å². The molecule has 30 heavy (non-hydrogen) atoms. The van der Waals surface area contributed by atoms with Crippen LogP contribution in [0.25, 0.3) is 0 Å². The molecule has 1 aromatic carbocycles. The minimum atomic E-state index is -0.327. The number of rotatable bonds is 3. The molecule has 2 aliphatic rings. The van der Waals surface area contributed by atoms with Crippen molar-refractivity contribution < 1.29 is 14.3 Å². The van der Waals surface area contributed by atoms with Gasteiger partial charge in [-0.2, -0.15) is 0 Å². The number of nitrogens with zero attached hydrogens (tertiary/aromatic N) is 2. The van der Waals surface area contributed by atoms with Gasteiger partial charge in [-0.3, -0.25) is 10.1 Å². The molecular weight excluding hydrogens is 404 g/mol. The van der Waals surface area contributed by atoms with Gasteiger partial charge in [-0.1, -0.05) is 29.8 Å². The van der Waals surface area contributed by atoms with Crippen LogP contribution in [-0.2, 0) is 4.79 Å². The van der Waals surface area contributed by atoms with Crippen LogP contribution in [0.3, 0.4) is 0 Å². The zero-order valence-corrected chi connectivity index (χ0v) is 17.6. The Labute approximate surface area is 180 Å². The predicted molar refractivity (Wildman–Crippen MR) is 115 cm³/mol. The molecule has 3 amide bonds. The fourth-order valence-corrected chi connectivity index (χ4v) is 4.34. The van der Waals surface area contributed by atoms with E-state index in [2.05, 4.69) is 15.6 Å². The molecule has 1 unspecified atom stereocenters. The third-order valence-electron chi connectivity index (χ3n) is 5.63. The Morgan fingerprint density at radius 1 is 1.20 bits per heavy atom. The Kier molecular flexibility index (Phi) is 6.08. The number of piperidine rings is 1. The second kappa shape index (κ2) is 8.92. The van der Waals surface area contributed by atoms with Gasteiger partial charge < -0.3 is 15.0 Å². The Morgan fingerprint density at radius 2 is 2.03 bits per heavy atom. The van der Waals surface area contributed by atoms with Crippen molar-refractivity contribution in [2.75, 3.05) is 25.0 Å². The molecule has 3 heterocycles. The zero-order valence-electron chi connectivity index (χ0n) is 16.9. The maximum absolute atomic E-state index is 12.6. The predicted octanol–water partition coefficient (Wildman–Crippen LogP) is 4.11. The van der Waals surface area contributed by atoms with E-state index < -0.39 is 0 Å². The summed E-state index contributed by atoms with van der Waals surface area (Å²) in [6, 6.07) is 10.6. The standard InChI is InChI=1S/C22H25ClN4O3/c1-14(28)27-11-4-5-15(13-27)18-8-3-9-20(24-18)26-22(29)25-19-10-12-30-21-16(19)6-2-7-17(21)23/h2-3,6-9,15,19H,4-5,10-13H2,1H3,(H2,24,25,26,29)/t15?,19-/m0/s1. The van der Waals surface area contributed by atoms with Crippen molar-refractivity contribution in [1.82, 2.24) is 15.2 Å². The summed E-state index contributed by atoms with van der Waals surface area (Å²) >= 11 is 6.21. The van der Waals surface area contributed by atoms with Crippen molar-refractivity contribution in [3.8, 4) is 5.75 Å². The molecule has 4 rings (SSSR count). The highest BCUT2D eigenvalue weighted by Crippen LogP contribution is 2.37. The number of anilines is 1. The summed E-state index contributed by atoms with van der Waals surface area (Å²) in [6.07, 6.45) is 2.60. The van der Waals surface area contributed by atoms with E-state index in [1.807, 2.05) is 29.2 Å². The lowest BCUT2D eigenvalue weighted by Gasteiger charge is -2.31. The maximum Gasteiger partial charge on any atom is 0.320 e. The summed E-state index contributed by atoms with van der Waals surface area (Å²) in [6.45, 7) is 3.55. The number of urea groups is 1. The van der Waals surface area contributed by atoms with Gasteiger partial charge in [0.05, 0.1) is 17.7 Å². The zero-order chi connectivity index (χ0) is 21.1. The van der Waals surface area contributed by atoms with E-state index >= 15 is 0 Å². The normalized spacial score (nSPS) is 20.7. The van der Waals surface area contributed by atoms with Gasteiger partial charge in [0.15, 0.2) is 0 Å². The molecule has 2 N–H and O–H groups in total. The van der Waals surface area contributed by atoms with Crippen LogP contribution in [0, 0.1) is 0 Å². The molecule has 1 aromatic heterocycles. The average Bonchev–Trinajstić information content (AvgIpc) is 2.75. The van der Waals surface area contributed by atoms with Crippen molar-refractivity contribution in [2.45, 2.75) is 38.1 Å². The van der Waals surface area contributed by atoms with E-state index in [0.29, 0.717) is 36.2 Å². The van der Waals surface area contributed by atoms with Crippen LogP contribution in [0.1, 0.15) is 49.4 Å². The molecule has 8 heteroatoms. The summed E-state index contributed by atoms with van der Waals surface area (Å²) in [4.78, 5) is 30.8. The number of aromatic nitrogens is 1. The Balaban J connectivity index is 1.42. The number of hydrogen-bond acceptors (Lipinski definition) is 4. The molecule has 0 spiro atoms. The Morgan fingerprint density at radius 3 is 2.87 bits per heavy atom. The van der Waals surface area contributed by atoms with Crippen LogP contribution < -0.4 is 15.4 Å². The molecule has 2 aromatic rings. The molecule has 0 aliphatic carbocycles. The molecular formula is C22H25ClN4O3.